The molecule has 0 fully saturated rings. The van der Waals surface area contributed by atoms with Crippen molar-refractivity contribution in [2.24, 2.45) is 5.92 Å². The predicted molar refractivity (Wildman–Crippen MR) is 104 cm³/mol. The van der Waals surface area contributed by atoms with Crippen LogP contribution in [0, 0.1) is 5.92 Å². The third kappa shape index (κ3) is 6.74. The van der Waals surface area contributed by atoms with Crippen LogP contribution in [0.4, 0.5) is 10.5 Å². The van der Waals surface area contributed by atoms with Gasteiger partial charge in [-0.15, -0.1) is 0 Å². The Morgan fingerprint density at radius 2 is 1.93 bits per heavy atom. The van der Waals surface area contributed by atoms with Gasteiger partial charge in [0.1, 0.15) is 0 Å². The number of urea groups is 1. The van der Waals surface area contributed by atoms with Crippen molar-refractivity contribution in [1.29, 1.82) is 0 Å². The van der Waals surface area contributed by atoms with Gasteiger partial charge in [0.15, 0.2) is 5.69 Å². The number of benzene rings is 1. The van der Waals surface area contributed by atoms with E-state index in [-0.39, 0.29) is 11.9 Å². The van der Waals surface area contributed by atoms with Crippen molar-refractivity contribution in [1.82, 2.24) is 20.4 Å². The molecule has 0 radical (unpaired) electrons. The molecule has 0 aliphatic carbocycles. The number of nitrogens with one attached hydrogen (secondary N) is 3. The smallest absolute Gasteiger partial charge is 0.319 e. The molecule has 0 spiro atoms. The van der Waals surface area contributed by atoms with E-state index in [1.807, 2.05) is 12.1 Å². The highest BCUT2D eigenvalue weighted by molar-refractivity contribution is 5.92. The van der Waals surface area contributed by atoms with E-state index in [1.165, 1.54) is 0 Å². The largest absolute Gasteiger partial charge is 0.381 e. The number of hydrogen-bond donors (Lipinski definition) is 3. The first-order chi connectivity index (χ1) is 13.0. The molecule has 0 aliphatic heterocycles. The highest BCUT2D eigenvalue weighted by Gasteiger charge is 2.08. The number of nitrogens with zero attached hydrogens (tertiary/aromatic N) is 2. The molecule has 0 atom stereocenters. The number of hydrogen-bond acceptors (Lipinski definition) is 4. The zero-order chi connectivity index (χ0) is 19.6. The van der Waals surface area contributed by atoms with Gasteiger partial charge in [0, 0.05) is 38.7 Å². The zero-order valence-electron chi connectivity index (χ0n) is 16.0. The molecule has 1 heterocycles. The number of ether oxygens (including phenoxy) is 1. The second kappa shape index (κ2) is 10.3. The first-order valence-corrected chi connectivity index (χ1v) is 9.00. The van der Waals surface area contributed by atoms with E-state index < -0.39 is 0 Å². The van der Waals surface area contributed by atoms with Gasteiger partial charge in [-0.1, -0.05) is 13.8 Å². The van der Waals surface area contributed by atoms with E-state index in [9.17, 15) is 9.59 Å². The Bertz CT molecular complexity index is 740. The summed E-state index contributed by atoms with van der Waals surface area (Å²) in [5.41, 5.74) is 1.81. The molecule has 0 aliphatic rings. The van der Waals surface area contributed by atoms with Crippen LogP contribution >= 0.6 is 0 Å². The molecule has 1 aromatic heterocycles. The topological polar surface area (TPSA) is 97.3 Å². The summed E-state index contributed by atoms with van der Waals surface area (Å²) in [7, 11) is 1.56. The Hall–Kier alpha value is -2.87. The molecule has 8 nitrogen and oxygen atoms in total. The second-order valence-electron chi connectivity index (χ2n) is 6.47. The van der Waals surface area contributed by atoms with Crippen LogP contribution in [-0.4, -0.2) is 48.5 Å². The average molecular weight is 373 g/mol. The van der Waals surface area contributed by atoms with Crippen molar-refractivity contribution in [3.05, 3.63) is 42.2 Å². The van der Waals surface area contributed by atoms with Gasteiger partial charge in [0.25, 0.3) is 5.91 Å². The van der Waals surface area contributed by atoms with Crippen molar-refractivity contribution >= 4 is 17.6 Å². The highest BCUT2D eigenvalue weighted by atomic mass is 16.5. The third-order valence-electron chi connectivity index (χ3n) is 3.64. The molecule has 2 rings (SSSR count). The van der Waals surface area contributed by atoms with Gasteiger partial charge in [0.05, 0.1) is 5.69 Å². The van der Waals surface area contributed by atoms with Crippen LogP contribution in [0.2, 0.25) is 0 Å². The average Bonchev–Trinajstić information content (AvgIpc) is 3.14. The molecule has 3 N–H and O–H groups in total. The second-order valence-corrected chi connectivity index (χ2v) is 6.47. The minimum absolute atomic E-state index is 0.238. The zero-order valence-corrected chi connectivity index (χ0v) is 16.0. The molecule has 0 saturated carbocycles. The minimum Gasteiger partial charge on any atom is -0.381 e. The molecule has 0 bridgehead atoms. The summed E-state index contributed by atoms with van der Waals surface area (Å²) >= 11 is 0. The van der Waals surface area contributed by atoms with Crippen LogP contribution in [0.1, 0.15) is 30.8 Å². The SMILES string of the molecule is CNC(=O)c1ccn(-c2ccc(NC(=O)NCCCOCC(C)C)cc2)n1. The summed E-state index contributed by atoms with van der Waals surface area (Å²) in [6.45, 7) is 6.13. The van der Waals surface area contributed by atoms with Crippen LogP contribution in [0.25, 0.3) is 5.69 Å². The van der Waals surface area contributed by atoms with Gasteiger partial charge >= 0.3 is 6.03 Å². The lowest BCUT2D eigenvalue weighted by atomic mass is 10.2. The van der Waals surface area contributed by atoms with Crippen molar-refractivity contribution in [3.63, 3.8) is 0 Å². The Kier molecular flexibility index (Phi) is 7.81. The van der Waals surface area contributed by atoms with Crippen LogP contribution in [0.15, 0.2) is 36.5 Å². The minimum atomic E-state index is -0.257. The number of anilines is 1. The van der Waals surface area contributed by atoms with E-state index in [0.717, 1.165) is 18.7 Å². The van der Waals surface area contributed by atoms with Gasteiger partial charge in [-0.3, -0.25) is 4.79 Å². The lowest BCUT2D eigenvalue weighted by molar-refractivity contribution is 0.0957. The van der Waals surface area contributed by atoms with Gasteiger partial charge in [-0.25, -0.2) is 9.48 Å². The summed E-state index contributed by atoms with van der Waals surface area (Å²) in [5, 5.41) is 12.3. The van der Waals surface area contributed by atoms with Crippen LogP contribution in [0.5, 0.6) is 0 Å². The number of rotatable bonds is 9. The van der Waals surface area contributed by atoms with Gasteiger partial charge < -0.3 is 20.7 Å². The first-order valence-electron chi connectivity index (χ1n) is 9.00. The van der Waals surface area contributed by atoms with E-state index in [1.54, 1.807) is 36.1 Å². The Morgan fingerprint density at radius 1 is 1.19 bits per heavy atom. The molecule has 2 aromatic rings. The normalized spacial score (nSPS) is 10.7. The molecule has 8 heteroatoms. The van der Waals surface area contributed by atoms with Gasteiger partial charge in [0.2, 0.25) is 0 Å². The molecule has 1 aromatic carbocycles. The number of amides is 3. The Labute approximate surface area is 159 Å². The summed E-state index contributed by atoms with van der Waals surface area (Å²) in [4.78, 5) is 23.5. The van der Waals surface area contributed by atoms with Crippen molar-refractivity contribution < 1.29 is 14.3 Å². The predicted octanol–water partition coefficient (Wildman–Crippen LogP) is 2.42. The van der Waals surface area contributed by atoms with E-state index >= 15 is 0 Å². The molecular formula is C19H27N5O3. The molecule has 146 valence electrons. The van der Waals surface area contributed by atoms with E-state index in [2.05, 4.69) is 34.9 Å². The molecule has 27 heavy (non-hydrogen) atoms. The maximum atomic E-state index is 11.9. The quantitative estimate of drug-likeness (QED) is 0.588. The van der Waals surface area contributed by atoms with Crippen molar-refractivity contribution in [2.75, 3.05) is 32.1 Å². The fraction of sp³-hybridized carbons (Fsp3) is 0.421. The van der Waals surface area contributed by atoms with Crippen LogP contribution in [-0.2, 0) is 4.74 Å². The lowest BCUT2D eigenvalue weighted by Gasteiger charge is -2.09. The van der Waals surface area contributed by atoms with Crippen LogP contribution < -0.4 is 16.0 Å². The Morgan fingerprint density at radius 3 is 2.59 bits per heavy atom. The van der Waals surface area contributed by atoms with Crippen molar-refractivity contribution in [3.8, 4) is 5.69 Å². The van der Waals surface area contributed by atoms with E-state index in [0.29, 0.717) is 30.5 Å². The molecule has 0 saturated heterocycles. The maximum Gasteiger partial charge on any atom is 0.319 e. The van der Waals surface area contributed by atoms with Gasteiger partial charge in [-0.2, -0.15) is 5.10 Å². The molecule has 0 unspecified atom stereocenters. The number of aromatic nitrogens is 2. The van der Waals surface area contributed by atoms with Crippen LogP contribution in [0.3, 0.4) is 0 Å². The highest BCUT2D eigenvalue weighted by Crippen LogP contribution is 2.13. The summed E-state index contributed by atoms with van der Waals surface area (Å²) < 4.78 is 7.07. The number of carbonyl (C=O) groups excluding carboxylic acids is 2. The molecule has 3 amide bonds. The van der Waals surface area contributed by atoms with E-state index in [4.69, 9.17) is 4.74 Å². The molecular weight excluding hydrogens is 346 g/mol. The standard InChI is InChI=1S/C19H27N5O3/c1-14(2)13-27-12-4-10-21-19(26)22-15-5-7-16(8-6-15)24-11-9-17(23-24)18(25)20-3/h5-9,11,14H,4,10,12-13H2,1-3H3,(H,20,25)(H2,21,22,26). The summed E-state index contributed by atoms with van der Waals surface area (Å²) in [6, 6.07) is 8.58. The first kappa shape index (κ1) is 20.4. The van der Waals surface area contributed by atoms with Crippen molar-refractivity contribution in [2.45, 2.75) is 20.3 Å². The summed E-state index contributed by atoms with van der Waals surface area (Å²) in [5.74, 6) is 0.277. The fourth-order valence-electron chi connectivity index (χ4n) is 2.28. The van der Waals surface area contributed by atoms with Gasteiger partial charge in [-0.05, 0) is 42.7 Å². The fourth-order valence-corrected chi connectivity index (χ4v) is 2.28. The maximum absolute atomic E-state index is 11.9. The Balaban J connectivity index is 1.77. The lowest BCUT2D eigenvalue weighted by Crippen LogP contribution is -2.30. The number of carbonyl (C=O) groups is 2. The monoisotopic (exact) mass is 373 g/mol. The third-order valence-corrected chi connectivity index (χ3v) is 3.64. The summed E-state index contributed by atoms with van der Waals surface area (Å²) in [6.07, 6.45) is 2.48.